The number of hydrogen-bond acceptors (Lipinski definition) is 5. The summed E-state index contributed by atoms with van der Waals surface area (Å²) in [6.07, 6.45) is 1.27. The number of fused-ring (bicyclic) bond motifs is 1. The first-order chi connectivity index (χ1) is 11.5. The summed E-state index contributed by atoms with van der Waals surface area (Å²) >= 11 is 0. The van der Waals surface area contributed by atoms with E-state index in [1.165, 1.54) is 6.20 Å². The van der Waals surface area contributed by atoms with Crippen LogP contribution in [0.1, 0.15) is 17.3 Å². The molecular weight excluding hydrogens is 351 g/mol. The first-order valence-corrected chi connectivity index (χ1v) is 7.79. The Morgan fingerprint density at radius 2 is 2.04 bits per heavy atom. The molecule has 0 aliphatic carbocycles. The molecule has 1 aliphatic heterocycles. The van der Waals surface area contributed by atoms with Crippen LogP contribution >= 0.6 is 12.4 Å². The predicted octanol–water partition coefficient (Wildman–Crippen LogP) is 1.27. The van der Waals surface area contributed by atoms with Crippen molar-refractivity contribution in [3.63, 3.8) is 0 Å². The highest BCUT2D eigenvalue weighted by Gasteiger charge is 2.23. The third-order valence-corrected chi connectivity index (χ3v) is 4.33. The molecule has 0 unspecified atom stereocenters. The molecule has 9 heteroatoms. The minimum Gasteiger partial charge on any atom is -0.477 e. The average molecular weight is 371 g/mol. The summed E-state index contributed by atoms with van der Waals surface area (Å²) in [6, 6.07) is 1.10. The van der Waals surface area contributed by atoms with E-state index >= 15 is 0 Å². The third-order valence-electron chi connectivity index (χ3n) is 4.33. The number of rotatable bonds is 3. The van der Waals surface area contributed by atoms with Gasteiger partial charge in [0.05, 0.1) is 22.3 Å². The zero-order valence-corrected chi connectivity index (χ0v) is 14.5. The summed E-state index contributed by atoms with van der Waals surface area (Å²) < 4.78 is 16.3. The second-order valence-corrected chi connectivity index (χ2v) is 5.72. The van der Waals surface area contributed by atoms with Crippen LogP contribution in [0.4, 0.5) is 15.8 Å². The van der Waals surface area contributed by atoms with E-state index in [2.05, 4.69) is 5.32 Å². The number of piperazine rings is 1. The van der Waals surface area contributed by atoms with Crippen LogP contribution < -0.4 is 21.4 Å². The maximum absolute atomic E-state index is 14.7. The largest absolute Gasteiger partial charge is 0.477 e. The van der Waals surface area contributed by atoms with Crippen molar-refractivity contribution in [2.24, 2.45) is 0 Å². The zero-order valence-electron chi connectivity index (χ0n) is 13.7. The molecular formula is C16H20ClFN4O3. The molecule has 1 aliphatic rings. The Bertz CT molecular complexity index is 878. The van der Waals surface area contributed by atoms with Gasteiger partial charge in [0.1, 0.15) is 11.4 Å². The van der Waals surface area contributed by atoms with Crippen molar-refractivity contribution < 1.29 is 14.3 Å². The molecule has 0 atom stereocenters. The van der Waals surface area contributed by atoms with Gasteiger partial charge in [0.2, 0.25) is 5.43 Å². The number of carboxylic acids is 1. The number of carboxylic acid groups (broad SMARTS) is 1. The first-order valence-electron chi connectivity index (χ1n) is 7.79. The molecule has 4 N–H and O–H groups in total. The zero-order chi connectivity index (χ0) is 17.4. The molecule has 1 saturated heterocycles. The second-order valence-electron chi connectivity index (χ2n) is 5.72. The summed E-state index contributed by atoms with van der Waals surface area (Å²) in [5.41, 5.74) is 5.92. The molecule has 0 saturated carbocycles. The van der Waals surface area contributed by atoms with Crippen molar-refractivity contribution in [1.82, 2.24) is 9.88 Å². The molecule has 7 nitrogen and oxygen atoms in total. The van der Waals surface area contributed by atoms with Gasteiger partial charge in [-0.1, -0.05) is 0 Å². The SMILES string of the molecule is CCn1cc(C(=O)O)c(=O)c2cc(F)c(N3CCNCC3)c(N)c21.Cl. The Hall–Kier alpha value is -2.32. The van der Waals surface area contributed by atoms with Crippen molar-refractivity contribution in [2.75, 3.05) is 36.8 Å². The molecule has 1 aromatic heterocycles. The van der Waals surface area contributed by atoms with Crippen LogP contribution in [0.3, 0.4) is 0 Å². The van der Waals surface area contributed by atoms with Crippen molar-refractivity contribution in [1.29, 1.82) is 0 Å². The lowest BCUT2D eigenvalue weighted by molar-refractivity contribution is 0.0695. The molecule has 0 bridgehead atoms. The molecule has 1 fully saturated rings. The van der Waals surface area contributed by atoms with Crippen LogP contribution in [0.25, 0.3) is 10.9 Å². The van der Waals surface area contributed by atoms with Gasteiger partial charge in [-0.2, -0.15) is 0 Å². The summed E-state index contributed by atoms with van der Waals surface area (Å²) in [5, 5.41) is 12.4. The molecule has 3 rings (SSSR count). The fourth-order valence-corrected chi connectivity index (χ4v) is 3.17. The fraction of sp³-hybridized carbons (Fsp3) is 0.375. The molecule has 136 valence electrons. The van der Waals surface area contributed by atoms with Crippen molar-refractivity contribution in [2.45, 2.75) is 13.5 Å². The molecule has 1 aromatic carbocycles. The number of aromatic nitrogens is 1. The lowest BCUT2D eigenvalue weighted by atomic mass is 10.1. The first kappa shape index (κ1) is 19.0. The molecule has 0 amide bonds. The number of nitrogens with zero attached hydrogens (tertiary/aromatic N) is 2. The van der Waals surface area contributed by atoms with Gasteiger partial charge in [-0.05, 0) is 13.0 Å². The van der Waals surface area contributed by atoms with Gasteiger partial charge in [-0.3, -0.25) is 4.79 Å². The van der Waals surface area contributed by atoms with Crippen molar-refractivity contribution in [3.8, 4) is 0 Å². The standard InChI is InChI=1S/C16H19FN4O3.ClH/c1-2-20-8-10(16(23)24)15(22)9-7-11(17)14(12(18)13(9)20)21-5-3-19-4-6-21;/h7-8,19H,2-6,18H2,1H3,(H,23,24);1H. The van der Waals surface area contributed by atoms with Crippen molar-refractivity contribution >= 4 is 40.7 Å². The predicted molar refractivity (Wildman–Crippen MR) is 97.5 cm³/mol. The highest BCUT2D eigenvalue weighted by atomic mass is 35.5. The van der Waals surface area contributed by atoms with E-state index in [1.54, 1.807) is 4.57 Å². The number of benzene rings is 1. The number of pyridine rings is 1. The number of aryl methyl sites for hydroxylation is 1. The van der Waals surface area contributed by atoms with Crippen molar-refractivity contribution in [3.05, 3.63) is 33.9 Å². The lowest BCUT2D eigenvalue weighted by Crippen LogP contribution is -2.44. The minimum absolute atomic E-state index is 0. The molecule has 2 aromatic rings. The van der Waals surface area contributed by atoms with Crippen LogP contribution in [0.5, 0.6) is 0 Å². The van der Waals surface area contributed by atoms with Gasteiger partial charge >= 0.3 is 5.97 Å². The summed E-state index contributed by atoms with van der Waals surface area (Å²) in [7, 11) is 0. The Labute approximate surface area is 149 Å². The minimum atomic E-state index is -1.34. The number of halogens is 2. The average Bonchev–Trinajstić information content (AvgIpc) is 2.56. The van der Waals surface area contributed by atoms with E-state index in [1.807, 2.05) is 11.8 Å². The second kappa shape index (κ2) is 7.28. The van der Waals surface area contributed by atoms with Crippen LogP contribution in [-0.2, 0) is 6.54 Å². The van der Waals surface area contributed by atoms with E-state index < -0.39 is 22.8 Å². The van der Waals surface area contributed by atoms with E-state index in [9.17, 15) is 19.1 Å². The number of hydrogen-bond donors (Lipinski definition) is 3. The fourth-order valence-electron chi connectivity index (χ4n) is 3.17. The molecule has 25 heavy (non-hydrogen) atoms. The van der Waals surface area contributed by atoms with Gasteiger partial charge in [-0.15, -0.1) is 12.4 Å². The van der Waals surface area contributed by atoms with Crippen LogP contribution in [0, 0.1) is 5.82 Å². The van der Waals surface area contributed by atoms with Gasteiger partial charge in [0.25, 0.3) is 0 Å². The number of aromatic carboxylic acids is 1. The number of carbonyl (C=O) groups is 1. The van der Waals surface area contributed by atoms with Crippen LogP contribution in [0.2, 0.25) is 0 Å². The number of nitrogens with two attached hydrogens (primary N) is 1. The van der Waals surface area contributed by atoms with E-state index in [0.29, 0.717) is 25.2 Å². The van der Waals surface area contributed by atoms with E-state index in [4.69, 9.17) is 5.73 Å². The molecule has 2 heterocycles. The highest BCUT2D eigenvalue weighted by molar-refractivity contribution is 6.00. The third kappa shape index (κ3) is 3.14. The normalized spacial score (nSPS) is 14.4. The highest BCUT2D eigenvalue weighted by Crippen LogP contribution is 2.34. The maximum atomic E-state index is 14.7. The summed E-state index contributed by atoms with van der Waals surface area (Å²) in [6.45, 7) is 4.87. The van der Waals surface area contributed by atoms with Gasteiger partial charge < -0.3 is 25.6 Å². The quantitative estimate of drug-likeness (QED) is 0.703. The number of nitrogen functional groups attached to an aromatic ring is 1. The Morgan fingerprint density at radius 1 is 1.40 bits per heavy atom. The Balaban J connectivity index is 0.00000225. The summed E-state index contributed by atoms with van der Waals surface area (Å²) in [5.74, 6) is -1.95. The maximum Gasteiger partial charge on any atom is 0.341 e. The van der Waals surface area contributed by atoms with E-state index in [0.717, 1.165) is 19.2 Å². The summed E-state index contributed by atoms with van der Waals surface area (Å²) in [4.78, 5) is 25.5. The molecule has 0 spiro atoms. The topological polar surface area (TPSA) is 101 Å². The smallest absolute Gasteiger partial charge is 0.341 e. The monoisotopic (exact) mass is 370 g/mol. The van der Waals surface area contributed by atoms with Gasteiger partial charge in [0.15, 0.2) is 0 Å². The van der Waals surface area contributed by atoms with Gasteiger partial charge in [-0.25, -0.2) is 9.18 Å². The molecule has 0 radical (unpaired) electrons. The number of nitrogens with one attached hydrogen (secondary N) is 1. The van der Waals surface area contributed by atoms with Crippen LogP contribution in [-0.4, -0.2) is 41.8 Å². The Morgan fingerprint density at radius 3 is 2.60 bits per heavy atom. The Kier molecular flexibility index (Phi) is 5.54. The lowest BCUT2D eigenvalue weighted by Gasteiger charge is -2.31. The van der Waals surface area contributed by atoms with E-state index in [-0.39, 0.29) is 29.2 Å². The van der Waals surface area contributed by atoms with Crippen LogP contribution in [0.15, 0.2) is 17.1 Å². The number of anilines is 2. The van der Waals surface area contributed by atoms with Gasteiger partial charge in [0, 0.05) is 38.9 Å².